The highest BCUT2D eigenvalue weighted by atomic mass is 16.5. The molecule has 1 aromatic carbocycles. The second-order valence-electron chi connectivity index (χ2n) is 4.40. The fraction of sp³-hybridized carbons (Fsp3) is 0.357. The first kappa shape index (κ1) is 14.2. The SMILES string of the molecule is COCCNC(=O)CCN1C(=O)c2ccccc2C1=O. The Labute approximate surface area is 116 Å². The second-order valence-corrected chi connectivity index (χ2v) is 4.40. The van der Waals surface area contributed by atoms with Crippen LogP contribution >= 0.6 is 0 Å². The Kier molecular flexibility index (Phi) is 4.47. The van der Waals surface area contributed by atoms with Crippen molar-refractivity contribution in [2.45, 2.75) is 6.42 Å². The van der Waals surface area contributed by atoms with Crippen molar-refractivity contribution in [3.05, 3.63) is 35.4 Å². The summed E-state index contributed by atoms with van der Waals surface area (Å²) in [6, 6.07) is 6.67. The van der Waals surface area contributed by atoms with Crippen LogP contribution in [0, 0.1) is 0 Å². The largest absolute Gasteiger partial charge is 0.383 e. The van der Waals surface area contributed by atoms with Gasteiger partial charge in [-0.2, -0.15) is 0 Å². The number of imide groups is 1. The highest BCUT2D eigenvalue weighted by molar-refractivity contribution is 6.21. The van der Waals surface area contributed by atoms with Crippen LogP contribution in [-0.2, 0) is 9.53 Å². The lowest BCUT2D eigenvalue weighted by Gasteiger charge is -2.13. The van der Waals surface area contributed by atoms with Gasteiger partial charge < -0.3 is 10.1 Å². The predicted octanol–water partition coefficient (Wildman–Crippen LogP) is 0.435. The number of ether oxygens (including phenoxy) is 1. The number of rotatable bonds is 6. The topological polar surface area (TPSA) is 75.7 Å². The van der Waals surface area contributed by atoms with Gasteiger partial charge in [-0.05, 0) is 12.1 Å². The molecule has 1 aliphatic heterocycles. The Balaban J connectivity index is 1.91. The molecule has 0 aromatic heterocycles. The molecule has 0 unspecified atom stereocenters. The zero-order valence-electron chi connectivity index (χ0n) is 11.2. The lowest BCUT2D eigenvalue weighted by atomic mass is 10.1. The molecule has 0 saturated heterocycles. The van der Waals surface area contributed by atoms with Gasteiger partial charge in [0.2, 0.25) is 5.91 Å². The third-order valence-electron chi connectivity index (χ3n) is 3.07. The lowest BCUT2D eigenvalue weighted by Crippen LogP contribution is -2.35. The molecule has 2 rings (SSSR count). The highest BCUT2D eigenvalue weighted by Crippen LogP contribution is 2.22. The molecule has 0 saturated carbocycles. The first-order valence-corrected chi connectivity index (χ1v) is 6.36. The van der Waals surface area contributed by atoms with Crippen LogP contribution in [0.1, 0.15) is 27.1 Å². The van der Waals surface area contributed by atoms with E-state index in [1.807, 2.05) is 0 Å². The van der Waals surface area contributed by atoms with E-state index in [2.05, 4.69) is 5.32 Å². The van der Waals surface area contributed by atoms with E-state index in [1.165, 1.54) is 0 Å². The Morgan fingerprint density at radius 1 is 1.20 bits per heavy atom. The zero-order valence-corrected chi connectivity index (χ0v) is 11.2. The van der Waals surface area contributed by atoms with Crippen molar-refractivity contribution in [2.75, 3.05) is 26.8 Å². The number of carbonyl (C=O) groups excluding carboxylic acids is 3. The van der Waals surface area contributed by atoms with Gasteiger partial charge in [-0.1, -0.05) is 12.1 Å². The minimum Gasteiger partial charge on any atom is -0.383 e. The molecule has 1 heterocycles. The van der Waals surface area contributed by atoms with Crippen LogP contribution in [0.5, 0.6) is 0 Å². The number of hydrogen-bond acceptors (Lipinski definition) is 4. The van der Waals surface area contributed by atoms with Crippen LogP contribution in [0.3, 0.4) is 0 Å². The Morgan fingerprint density at radius 3 is 2.35 bits per heavy atom. The van der Waals surface area contributed by atoms with Crippen molar-refractivity contribution in [1.82, 2.24) is 10.2 Å². The molecular formula is C14H16N2O4. The van der Waals surface area contributed by atoms with Gasteiger partial charge >= 0.3 is 0 Å². The van der Waals surface area contributed by atoms with Crippen LogP contribution in [0.4, 0.5) is 0 Å². The molecule has 1 N–H and O–H groups in total. The second kappa shape index (κ2) is 6.29. The van der Waals surface area contributed by atoms with Gasteiger partial charge in [-0.15, -0.1) is 0 Å². The van der Waals surface area contributed by atoms with Gasteiger partial charge in [-0.3, -0.25) is 19.3 Å². The van der Waals surface area contributed by atoms with E-state index in [9.17, 15) is 14.4 Å². The number of benzene rings is 1. The first-order valence-electron chi connectivity index (χ1n) is 6.36. The molecule has 106 valence electrons. The summed E-state index contributed by atoms with van der Waals surface area (Å²) >= 11 is 0. The first-order chi connectivity index (χ1) is 9.65. The number of methoxy groups -OCH3 is 1. The van der Waals surface area contributed by atoms with E-state index in [0.717, 1.165) is 4.90 Å². The predicted molar refractivity (Wildman–Crippen MR) is 71.3 cm³/mol. The summed E-state index contributed by atoms with van der Waals surface area (Å²) in [5.74, 6) is -0.885. The number of nitrogens with zero attached hydrogens (tertiary/aromatic N) is 1. The van der Waals surface area contributed by atoms with Crippen molar-refractivity contribution < 1.29 is 19.1 Å². The smallest absolute Gasteiger partial charge is 0.261 e. The molecule has 0 radical (unpaired) electrons. The molecule has 3 amide bonds. The van der Waals surface area contributed by atoms with E-state index in [1.54, 1.807) is 31.4 Å². The van der Waals surface area contributed by atoms with Gasteiger partial charge in [0.1, 0.15) is 0 Å². The third kappa shape index (κ3) is 2.85. The molecule has 1 aliphatic rings. The van der Waals surface area contributed by atoms with Crippen LogP contribution < -0.4 is 5.32 Å². The molecule has 0 fully saturated rings. The van der Waals surface area contributed by atoms with E-state index in [4.69, 9.17) is 4.74 Å². The van der Waals surface area contributed by atoms with Gasteiger partial charge in [-0.25, -0.2) is 0 Å². The summed E-state index contributed by atoms with van der Waals surface area (Å²) in [5.41, 5.74) is 0.801. The van der Waals surface area contributed by atoms with Crippen molar-refractivity contribution in [2.24, 2.45) is 0 Å². The molecule has 6 nitrogen and oxygen atoms in total. The van der Waals surface area contributed by atoms with Gasteiger partial charge in [0.05, 0.1) is 17.7 Å². The molecule has 20 heavy (non-hydrogen) atoms. The molecule has 6 heteroatoms. The molecule has 0 bridgehead atoms. The van der Waals surface area contributed by atoms with E-state index in [0.29, 0.717) is 24.3 Å². The molecule has 0 atom stereocenters. The summed E-state index contributed by atoms with van der Waals surface area (Å²) in [4.78, 5) is 36.7. The maximum atomic E-state index is 12.0. The van der Waals surface area contributed by atoms with Crippen LogP contribution in [-0.4, -0.2) is 49.4 Å². The van der Waals surface area contributed by atoms with Crippen molar-refractivity contribution in [3.8, 4) is 0 Å². The summed E-state index contributed by atoms with van der Waals surface area (Å²) in [5, 5.41) is 2.65. The minimum atomic E-state index is -0.338. The van der Waals surface area contributed by atoms with E-state index in [-0.39, 0.29) is 30.7 Å². The maximum Gasteiger partial charge on any atom is 0.261 e. The Morgan fingerprint density at radius 2 is 1.80 bits per heavy atom. The summed E-state index contributed by atoms with van der Waals surface area (Å²) in [7, 11) is 1.55. The Hall–Kier alpha value is -2.21. The van der Waals surface area contributed by atoms with Crippen molar-refractivity contribution >= 4 is 17.7 Å². The van der Waals surface area contributed by atoms with E-state index < -0.39 is 0 Å². The fourth-order valence-corrected chi connectivity index (χ4v) is 2.04. The molecule has 0 spiro atoms. The average Bonchev–Trinajstić information content (AvgIpc) is 2.70. The Bertz CT molecular complexity index is 507. The van der Waals surface area contributed by atoms with Crippen molar-refractivity contribution in [1.29, 1.82) is 0 Å². The lowest BCUT2D eigenvalue weighted by molar-refractivity contribution is -0.121. The number of carbonyl (C=O) groups is 3. The molecule has 1 aromatic rings. The average molecular weight is 276 g/mol. The van der Waals surface area contributed by atoms with Gasteiger partial charge in [0.25, 0.3) is 11.8 Å². The quantitative estimate of drug-likeness (QED) is 0.604. The minimum absolute atomic E-state index is 0.0885. The molecular weight excluding hydrogens is 260 g/mol. The standard InChI is InChI=1S/C14H16N2O4/c1-20-9-7-15-12(17)6-8-16-13(18)10-4-2-3-5-11(10)14(16)19/h2-5H,6-9H2,1H3,(H,15,17). The number of nitrogens with one attached hydrogen (secondary N) is 1. The monoisotopic (exact) mass is 276 g/mol. The fourth-order valence-electron chi connectivity index (χ4n) is 2.04. The van der Waals surface area contributed by atoms with Gasteiger partial charge in [0.15, 0.2) is 0 Å². The summed E-state index contributed by atoms with van der Waals surface area (Å²) in [6.45, 7) is 0.932. The summed E-state index contributed by atoms with van der Waals surface area (Å²) in [6.07, 6.45) is 0.0924. The maximum absolute atomic E-state index is 12.0. The highest BCUT2D eigenvalue weighted by Gasteiger charge is 2.34. The van der Waals surface area contributed by atoms with Crippen LogP contribution in [0.2, 0.25) is 0 Å². The third-order valence-corrected chi connectivity index (χ3v) is 3.07. The number of amides is 3. The number of fused-ring (bicyclic) bond motifs is 1. The molecule has 0 aliphatic carbocycles. The zero-order chi connectivity index (χ0) is 14.5. The van der Waals surface area contributed by atoms with Crippen LogP contribution in [0.15, 0.2) is 24.3 Å². The van der Waals surface area contributed by atoms with Crippen molar-refractivity contribution in [3.63, 3.8) is 0 Å². The van der Waals surface area contributed by atoms with E-state index >= 15 is 0 Å². The normalized spacial score (nSPS) is 13.6. The summed E-state index contributed by atoms with van der Waals surface area (Å²) < 4.78 is 4.81. The van der Waals surface area contributed by atoms with Crippen LogP contribution in [0.25, 0.3) is 0 Å². The van der Waals surface area contributed by atoms with Gasteiger partial charge in [0, 0.05) is 26.6 Å². The number of hydrogen-bond donors (Lipinski definition) is 1.